The minimum atomic E-state index is -0.496. The van der Waals surface area contributed by atoms with Crippen LogP contribution in [0.3, 0.4) is 0 Å². The molecule has 0 aliphatic rings. The van der Waals surface area contributed by atoms with Gasteiger partial charge in [-0.25, -0.2) is 4.79 Å². The van der Waals surface area contributed by atoms with Crippen molar-refractivity contribution < 1.29 is 14.3 Å². The maximum absolute atomic E-state index is 11.1. The van der Waals surface area contributed by atoms with Crippen LogP contribution >= 0.6 is 0 Å². The maximum atomic E-state index is 11.1. The summed E-state index contributed by atoms with van der Waals surface area (Å²) < 4.78 is 5.01. The highest BCUT2D eigenvalue weighted by molar-refractivity contribution is 5.78. The van der Waals surface area contributed by atoms with Crippen LogP contribution in [-0.4, -0.2) is 24.0 Å². The number of carbonyl (C=O) groups excluding carboxylic acids is 2. The number of ketones is 1. The first-order valence-corrected chi connectivity index (χ1v) is 4.69. The van der Waals surface area contributed by atoms with E-state index < -0.39 is 11.7 Å². The summed E-state index contributed by atoms with van der Waals surface area (Å²) in [6.45, 7) is 8.97. The summed E-state index contributed by atoms with van der Waals surface area (Å²) in [5, 5.41) is 2.54. The molecule has 14 heavy (non-hydrogen) atoms. The fraction of sp³-hybridized carbons (Fsp3) is 0.800. The van der Waals surface area contributed by atoms with Gasteiger partial charge in [0.1, 0.15) is 11.4 Å². The highest BCUT2D eigenvalue weighted by Crippen LogP contribution is 2.06. The summed E-state index contributed by atoms with van der Waals surface area (Å²) in [6.07, 6.45) is -0.481. The zero-order chi connectivity index (χ0) is 11.4. The van der Waals surface area contributed by atoms with Crippen LogP contribution in [0.5, 0.6) is 0 Å². The number of rotatable bonds is 3. The van der Waals surface area contributed by atoms with E-state index in [1.54, 1.807) is 27.7 Å². The predicted molar refractivity (Wildman–Crippen MR) is 54.1 cm³/mol. The number of ether oxygens (including phenoxy) is 1. The number of hydrogen-bond acceptors (Lipinski definition) is 3. The normalized spacial score (nSPS) is 13.2. The topological polar surface area (TPSA) is 55.4 Å². The van der Waals surface area contributed by atoms with Crippen LogP contribution in [0, 0.1) is 5.92 Å². The molecule has 0 saturated heterocycles. The zero-order valence-electron chi connectivity index (χ0n) is 9.51. The SMILES string of the molecule is CC(=O)[C@@H](C)CNC(=O)OC(C)(C)C. The molecular weight excluding hydrogens is 182 g/mol. The Bertz CT molecular complexity index is 218. The van der Waals surface area contributed by atoms with Crippen LogP contribution in [0.25, 0.3) is 0 Å². The lowest BCUT2D eigenvalue weighted by atomic mass is 10.1. The Hall–Kier alpha value is -1.06. The van der Waals surface area contributed by atoms with Crippen molar-refractivity contribution in [3.8, 4) is 0 Å². The molecule has 4 nitrogen and oxygen atoms in total. The van der Waals surface area contributed by atoms with Crippen molar-refractivity contribution in [2.75, 3.05) is 6.54 Å². The molecule has 0 spiro atoms. The molecule has 0 aliphatic carbocycles. The first-order chi connectivity index (χ1) is 6.22. The Morgan fingerprint density at radius 2 is 1.86 bits per heavy atom. The van der Waals surface area contributed by atoms with Crippen LogP contribution in [0.2, 0.25) is 0 Å². The van der Waals surface area contributed by atoms with Crippen LogP contribution < -0.4 is 5.32 Å². The number of carbonyl (C=O) groups is 2. The lowest BCUT2D eigenvalue weighted by molar-refractivity contribution is -0.120. The fourth-order valence-electron chi connectivity index (χ4n) is 0.694. The quantitative estimate of drug-likeness (QED) is 0.756. The van der Waals surface area contributed by atoms with Crippen molar-refractivity contribution in [3.63, 3.8) is 0 Å². The number of Topliss-reactive ketones (excluding diaryl/α,β-unsaturated/α-hetero) is 1. The van der Waals surface area contributed by atoms with E-state index in [-0.39, 0.29) is 11.7 Å². The van der Waals surface area contributed by atoms with Crippen LogP contribution in [0.15, 0.2) is 0 Å². The van der Waals surface area contributed by atoms with Crippen molar-refractivity contribution in [1.29, 1.82) is 0 Å². The van der Waals surface area contributed by atoms with E-state index in [2.05, 4.69) is 5.32 Å². The second-order valence-electron chi connectivity index (χ2n) is 4.39. The number of hydrogen-bond donors (Lipinski definition) is 1. The molecule has 0 aromatic heterocycles. The molecule has 0 unspecified atom stereocenters. The Kier molecular flexibility index (Phi) is 4.60. The molecule has 0 saturated carbocycles. The summed E-state index contributed by atoms with van der Waals surface area (Å²) in [6, 6.07) is 0. The minimum absolute atomic E-state index is 0.0565. The third-order valence-corrected chi connectivity index (χ3v) is 1.65. The molecule has 1 N–H and O–H groups in total. The fourth-order valence-corrected chi connectivity index (χ4v) is 0.694. The van der Waals surface area contributed by atoms with E-state index in [4.69, 9.17) is 4.74 Å². The first-order valence-electron chi connectivity index (χ1n) is 4.69. The van der Waals surface area contributed by atoms with Crippen molar-refractivity contribution in [3.05, 3.63) is 0 Å². The third-order valence-electron chi connectivity index (χ3n) is 1.65. The van der Waals surface area contributed by atoms with E-state index in [1.165, 1.54) is 6.92 Å². The Balaban J connectivity index is 3.81. The van der Waals surface area contributed by atoms with Crippen LogP contribution in [-0.2, 0) is 9.53 Å². The van der Waals surface area contributed by atoms with Gasteiger partial charge in [0, 0.05) is 12.5 Å². The van der Waals surface area contributed by atoms with Crippen molar-refractivity contribution in [2.24, 2.45) is 5.92 Å². The van der Waals surface area contributed by atoms with Crippen molar-refractivity contribution in [1.82, 2.24) is 5.32 Å². The second kappa shape index (κ2) is 4.98. The van der Waals surface area contributed by atoms with Gasteiger partial charge in [0.15, 0.2) is 0 Å². The number of nitrogens with one attached hydrogen (secondary N) is 1. The maximum Gasteiger partial charge on any atom is 0.407 e. The van der Waals surface area contributed by atoms with Crippen molar-refractivity contribution >= 4 is 11.9 Å². The second-order valence-corrected chi connectivity index (χ2v) is 4.39. The summed E-state index contributed by atoms with van der Waals surface area (Å²) in [5.74, 6) is -0.108. The highest BCUT2D eigenvalue weighted by Gasteiger charge is 2.17. The van der Waals surface area contributed by atoms with E-state index >= 15 is 0 Å². The molecule has 0 aromatic rings. The molecule has 0 aliphatic heterocycles. The smallest absolute Gasteiger partial charge is 0.407 e. The van der Waals surface area contributed by atoms with Crippen LogP contribution in [0.4, 0.5) is 4.79 Å². The van der Waals surface area contributed by atoms with Gasteiger partial charge >= 0.3 is 6.09 Å². The lowest BCUT2D eigenvalue weighted by Gasteiger charge is -2.20. The lowest BCUT2D eigenvalue weighted by Crippen LogP contribution is -2.36. The van der Waals surface area contributed by atoms with Gasteiger partial charge < -0.3 is 10.1 Å². The number of amides is 1. The zero-order valence-corrected chi connectivity index (χ0v) is 9.51. The summed E-state index contributed by atoms with van der Waals surface area (Å²) >= 11 is 0. The molecule has 4 heteroatoms. The molecule has 0 rings (SSSR count). The molecule has 1 amide bonds. The van der Waals surface area contributed by atoms with Gasteiger partial charge in [-0.1, -0.05) is 6.92 Å². The average molecular weight is 201 g/mol. The Labute approximate surface area is 85.0 Å². The van der Waals surface area contributed by atoms with Gasteiger partial charge in [0.05, 0.1) is 0 Å². The average Bonchev–Trinajstić information content (AvgIpc) is 1.96. The third kappa shape index (κ3) is 6.46. The largest absolute Gasteiger partial charge is 0.444 e. The van der Waals surface area contributed by atoms with E-state index in [1.807, 2.05) is 0 Å². The van der Waals surface area contributed by atoms with Gasteiger partial charge in [-0.2, -0.15) is 0 Å². The van der Waals surface area contributed by atoms with Gasteiger partial charge in [-0.15, -0.1) is 0 Å². The standard InChI is InChI=1S/C10H19NO3/c1-7(8(2)12)6-11-9(13)14-10(3,4)5/h7H,6H2,1-5H3,(H,11,13)/t7-/m0/s1. The van der Waals surface area contributed by atoms with Gasteiger partial charge in [-0.05, 0) is 27.7 Å². The molecule has 0 aromatic carbocycles. The molecule has 0 bridgehead atoms. The van der Waals surface area contributed by atoms with Crippen molar-refractivity contribution in [2.45, 2.75) is 40.2 Å². The van der Waals surface area contributed by atoms with Gasteiger partial charge in [0.25, 0.3) is 0 Å². The summed E-state index contributed by atoms with van der Waals surface area (Å²) in [7, 11) is 0. The molecule has 1 atom stereocenters. The molecule has 82 valence electrons. The molecule has 0 fully saturated rings. The predicted octanol–water partition coefficient (Wildman–Crippen LogP) is 1.74. The number of alkyl carbamates (subject to hydrolysis) is 1. The van der Waals surface area contributed by atoms with E-state index in [0.29, 0.717) is 6.54 Å². The molecule has 0 heterocycles. The highest BCUT2D eigenvalue weighted by atomic mass is 16.6. The molecule has 0 radical (unpaired) electrons. The molecular formula is C10H19NO3. The Morgan fingerprint density at radius 1 is 1.36 bits per heavy atom. The summed E-state index contributed by atoms with van der Waals surface area (Å²) in [4.78, 5) is 22.0. The van der Waals surface area contributed by atoms with Crippen LogP contribution in [0.1, 0.15) is 34.6 Å². The first kappa shape index (κ1) is 12.9. The summed E-state index contributed by atoms with van der Waals surface area (Å²) in [5.41, 5.74) is -0.496. The monoisotopic (exact) mass is 201 g/mol. The van der Waals surface area contributed by atoms with Gasteiger partial charge in [0.2, 0.25) is 0 Å². The Morgan fingerprint density at radius 3 is 2.21 bits per heavy atom. The van der Waals surface area contributed by atoms with E-state index in [9.17, 15) is 9.59 Å². The minimum Gasteiger partial charge on any atom is -0.444 e. The van der Waals surface area contributed by atoms with Gasteiger partial charge in [-0.3, -0.25) is 4.79 Å². The van der Waals surface area contributed by atoms with E-state index in [0.717, 1.165) is 0 Å².